The van der Waals surface area contributed by atoms with Gasteiger partial charge in [-0.1, -0.05) is 46.3 Å². The molecule has 47 heavy (non-hydrogen) atoms. The van der Waals surface area contributed by atoms with Gasteiger partial charge in [-0.25, -0.2) is 0 Å². The second kappa shape index (κ2) is 10.4. The van der Waals surface area contributed by atoms with E-state index in [-0.39, 0.29) is 52.9 Å². The van der Waals surface area contributed by atoms with E-state index >= 15 is 0 Å². The van der Waals surface area contributed by atoms with Crippen LogP contribution in [0.1, 0.15) is 100 Å². The number of ether oxygens (including phenoxy) is 4. The summed E-state index contributed by atoms with van der Waals surface area (Å²) in [7, 11) is 0. The third-order valence-corrected chi connectivity index (χ3v) is 14.7. The van der Waals surface area contributed by atoms with Crippen molar-refractivity contribution in [3.63, 3.8) is 0 Å². The van der Waals surface area contributed by atoms with E-state index < -0.39 is 64.6 Å². The number of ketones is 2. The van der Waals surface area contributed by atoms with Gasteiger partial charge in [0.05, 0.1) is 24.4 Å². The first-order valence-electron chi connectivity index (χ1n) is 17.7. The van der Waals surface area contributed by atoms with Crippen LogP contribution in [0.3, 0.4) is 0 Å². The number of esters is 1. The number of epoxide rings is 1. The van der Waals surface area contributed by atoms with E-state index in [1.54, 1.807) is 0 Å². The standard InChI is InChI=1S/C37H54O10/c1-18(13-20(39)30-33(5,6)47-30)27-21(40)14-34(7)24-10-9-23-32(3,4)26(46-31-28(43)29(45-19(2)38)22(41)16-44-31)11-12-36(23)17-37(24,36)25(42)15-35(27,34)8/h10,18,22-23,25-31,41-43H,9,11-17H2,1-8H3/t18-,22-,23+,25+,26+,27+,28-,29+,30+,31+,34+,35-,36-,37+/m1/s1. The van der Waals surface area contributed by atoms with Crippen molar-refractivity contribution in [2.45, 2.75) is 149 Å². The summed E-state index contributed by atoms with van der Waals surface area (Å²) in [5.74, 6) is -0.583. The molecule has 2 aliphatic heterocycles. The molecule has 0 radical (unpaired) electrons. The van der Waals surface area contributed by atoms with Crippen molar-refractivity contribution in [2.75, 3.05) is 6.61 Å². The SMILES string of the molecule is CC(=O)O[C@@H]1[C@@H](O)[C@H](O[C@H]2CC[C@]34C[C@@]35C(=CC[C@H]4C2(C)C)[C@]2(C)CC(=O)[C@H]([C@H](C)CC(=O)[C@@H]3OC3(C)C)[C@@]2(C)C[C@@H]5O)OC[C@H]1O. The minimum Gasteiger partial charge on any atom is -0.457 e. The quantitative estimate of drug-likeness (QED) is 0.210. The average molecular weight is 659 g/mol. The lowest BCUT2D eigenvalue weighted by Gasteiger charge is -2.61. The lowest BCUT2D eigenvalue weighted by molar-refractivity contribution is -0.302. The second-order valence-electron chi connectivity index (χ2n) is 17.9. The van der Waals surface area contributed by atoms with Crippen molar-refractivity contribution in [1.29, 1.82) is 0 Å². The Morgan fingerprint density at radius 3 is 2.43 bits per heavy atom. The molecule has 0 aromatic heterocycles. The summed E-state index contributed by atoms with van der Waals surface area (Å²) in [6.07, 6.45) is 0.905. The summed E-state index contributed by atoms with van der Waals surface area (Å²) in [6, 6.07) is 0. The molecule has 0 aromatic carbocycles. The number of aliphatic hydroxyl groups is 3. The Hall–Kier alpha value is -1.69. The van der Waals surface area contributed by atoms with Crippen molar-refractivity contribution in [3.8, 4) is 0 Å². The maximum atomic E-state index is 14.0. The van der Waals surface area contributed by atoms with E-state index in [0.29, 0.717) is 25.7 Å². The molecular formula is C37H54O10. The molecule has 10 heteroatoms. The number of allylic oxidation sites excluding steroid dienone is 1. The van der Waals surface area contributed by atoms with E-state index in [2.05, 4.69) is 33.8 Å². The molecule has 0 aromatic rings. The molecular weight excluding hydrogens is 604 g/mol. The Morgan fingerprint density at radius 1 is 1.11 bits per heavy atom. The number of carbonyl (C=O) groups excluding carboxylic acids is 3. The van der Waals surface area contributed by atoms with Gasteiger partial charge in [-0.2, -0.15) is 0 Å². The van der Waals surface area contributed by atoms with E-state index in [4.69, 9.17) is 18.9 Å². The Bertz CT molecular complexity index is 1400. The zero-order valence-electron chi connectivity index (χ0n) is 29.2. The summed E-state index contributed by atoms with van der Waals surface area (Å²) >= 11 is 0. The van der Waals surface area contributed by atoms with Crippen LogP contribution in [0.25, 0.3) is 0 Å². The minimum atomic E-state index is -1.33. The fourth-order valence-corrected chi connectivity index (χ4v) is 12.3. The zero-order chi connectivity index (χ0) is 34.3. The molecule has 5 aliphatic carbocycles. The van der Waals surface area contributed by atoms with Gasteiger partial charge in [0.15, 0.2) is 18.2 Å². The first-order valence-corrected chi connectivity index (χ1v) is 17.7. The predicted octanol–water partition coefficient (Wildman–Crippen LogP) is 3.66. The van der Waals surface area contributed by atoms with Gasteiger partial charge in [0.1, 0.15) is 24.1 Å². The summed E-state index contributed by atoms with van der Waals surface area (Å²) in [4.78, 5) is 38.7. The van der Waals surface area contributed by atoms with Gasteiger partial charge in [0.2, 0.25) is 0 Å². The number of carbonyl (C=O) groups is 3. The molecule has 10 nitrogen and oxygen atoms in total. The van der Waals surface area contributed by atoms with Gasteiger partial charge in [0.25, 0.3) is 0 Å². The maximum absolute atomic E-state index is 14.0. The molecule has 0 bridgehead atoms. The number of hydrogen-bond donors (Lipinski definition) is 3. The molecule has 0 amide bonds. The van der Waals surface area contributed by atoms with Crippen LogP contribution in [-0.2, 0) is 33.3 Å². The van der Waals surface area contributed by atoms with Crippen molar-refractivity contribution in [3.05, 3.63) is 11.6 Å². The summed E-state index contributed by atoms with van der Waals surface area (Å²) in [5.41, 5.74) is -0.904. The highest BCUT2D eigenvalue weighted by Crippen LogP contribution is 2.87. The van der Waals surface area contributed by atoms with E-state index in [9.17, 15) is 29.7 Å². The highest BCUT2D eigenvalue weighted by Gasteiger charge is 2.84. The van der Waals surface area contributed by atoms with Gasteiger partial charge in [-0.15, -0.1) is 0 Å². The number of hydrogen-bond acceptors (Lipinski definition) is 10. The lowest BCUT2D eigenvalue weighted by atomic mass is 9.44. The third-order valence-electron chi connectivity index (χ3n) is 14.7. The van der Waals surface area contributed by atoms with Crippen LogP contribution in [0.4, 0.5) is 0 Å². The average Bonchev–Trinajstić information content (AvgIpc) is 3.81. The number of fused-ring (bicyclic) bond motifs is 2. The van der Waals surface area contributed by atoms with Crippen LogP contribution in [0.5, 0.6) is 0 Å². The van der Waals surface area contributed by atoms with Crippen molar-refractivity contribution < 1.29 is 48.7 Å². The van der Waals surface area contributed by atoms with Gasteiger partial charge in [0, 0.05) is 36.5 Å². The van der Waals surface area contributed by atoms with Crippen molar-refractivity contribution in [1.82, 2.24) is 0 Å². The van der Waals surface area contributed by atoms with Gasteiger partial charge in [-0.05, 0) is 74.0 Å². The van der Waals surface area contributed by atoms with Crippen molar-refractivity contribution >= 4 is 17.5 Å². The summed E-state index contributed by atoms with van der Waals surface area (Å²) in [6.45, 7) is 15.8. The molecule has 4 saturated carbocycles. The van der Waals surface area contributed by atoms with Crippen LogP contribution in [0.15, 0.2) is 11.6 Å². The smallest absolute Gasteiger partial charge is 0.303 e. The van der Waals surface area contributed by atoms with Gasteiger partial charge < -0.3 is 34.3 Å². The fraction of sp³-hybridized carbons (Fsp3) is 0.865. The maximum Gasteiger partial charge on any atom is 0.303 e. The summed E-state index contributed by atoms with van der Waals surface area (Å²) in [5, 5.41) is 33.5. The predicted molar refractivity (Wildman–Crippen MR) is 169 cm³/mol. The fourth-order valence-electron chi connectivity index (χ4n) is 12.3. The Morgan fingerprint density at radius 2 is 1.79 bits per heavy atom. The largest absolute Gasteiger partial charge is 0.457 e. The van der Waals surface area contributed by atoms with Gasteiger partial charge >= 0.3 is 5.97 Å². The molecule has 6 fully saturated rings. The Balaban J connectivity index is 1.13. The van der Waals surface area contributed by atoms with Gasteiger partial charge in [-0.3, -0.25) is 14.4 Å². The van der Waals surface area contributed by atoms with Crippen LogP contribution in [0.2, 0.25) is 0 Å². The molecule has 14 atom stereocenters. The van der Waals surface area contributed by atoms with E-state index in [1.807, 2.05) is 20.8 Å². The Kier molecular flexibility index (Phi) is 7.49. The van der Waals surface area contributed by atoms with Crippen LogP contribution >= 0.6 is 0 Å². The lowest BCUT2D eigenvalue weighted by Crippen LogP contribution is -2.60. The number of aliphatic hydroxyl groups excluding tert-OH is 3. The molecule has 3 N–H and O–H groups in total. The number of Topliss-reactive ketones (excluding diaryl/α,β-unsaturated/α-hetero) is 2. The molecule has 7 aliphatic rings. The highest BCUT2D eigenvalue weighted by atomic mass is 16.7. The molecule has 7 rings (SSSR count). The monoisotopic (exact) mass is 658 g/mol. The minimum absolute atomic E-state index is 0.0617. The number of rotatable bonds is 7. The molecule has 2 heterocycles. The first-order chi connectivity index (χ1) is 21.8. The first kappa shape index (κ1) is 33.8. The zero-order valence-corrected chi connectivity index (χ0v) is 29.2. The van der Waals surface area contributed by atoms with Crippen molar-refractivity contribution in [2.24, 2.45) is 44.8 Å². The molecule has 2 saturated heterocycles. The Labute approximate surface area is 277 Å². The summed E-state index contributed by atoms with van der Waals surface area (Å²) < 4.78 is 23.0. The van der Waals surface area contributed by atoms with Crippen LogP contribution in [0, 0.1) is 44.8 Å². The topological polar surface area (TPSA) is 152 Å². The van der Waals surface area contributed by atoms with Crippen LogP contribution < -0.4 is 0 Å². The van der Waals surface area contributed by atoms with E-state index in [0.717, 1.165) is 19.3 Å². The van der Waals surface area contributed by atoms with E-state index in [1.165, 1.54) is 12.5 Å². The normalized spacial score (nSPS) is 51.0. The molecule has 0 unspecified atom stereocenters. The molecule has 262 valence electrons. The van der Waals surface area contributed by atoms with Crippen LogP contribution in [-0.4, -0.2) is 88.0 Å². The molecule has 2 spiro atoms. The second-order valence-corrected chi connectivity index (χ2v) is 17.9. The third kappa shape index (κ3) is 4.46. The highest BCUT2D eigenvalue weighted by molar-refractivity contribution is 5.90.